The summed E-state index contributed by atoms with van der Waals surface area (Å²) >= 11 is 0. The van der Waals surface area contributed by atoms with Crippen molar-refractivity contribution in [2.75, 3.05) is 0 Å². The topological polar surface area (TPSA) is 73.6 Å². The first-order valence-electron chi connectivity index (χ1n) is 10.5. The fourth-order valence-corrected chi connectivity index (χ4v) is 4.96. The maximum Gasteiger partial charge on any atom is 0.416 e. The summed E-state index contributed by atoms with van der Waals surface area (Å²) in [6, 6.07) is 13.3. The second kappa shape index (κ2) is 8.47. The highest BCUT2D eigenvalue weighted by molar-refractivity contribution is 5.69. The lowest BCUT2D eigenvalue weighted by Crippen LogP contribution is -2.59. The number of ether oxygens (including phenoxy) is 1. The van der Waals surface area contributed by atoms with Crippen molar-refractivity contribution in [3.05, 3.63) is 70.8 Å². The summed E-state index contributed by atoms with van der Waals surface area (Å²) in [6.45, 7) is 0.136. The van der Waals surface area contributed by atoms with Crippen LogP contribution >= 0.6 is 0 Å². The van der Waals surface area contributed by atoms with Crippen LogP contribution in [0.3, 0.4) is 0 Å². The second-order valence-corrected chi connectivity index (χ2v) is 8.50. The van der Waals surface area contributed by atoms with Gasteiger partial charge in [0, 0.05) is 30.5 Å². The number of aliphatic hydroxyl groups is 1. The fourth-order valence-electron chi connectivity index (χ4n) is 4.96. The van der Waals surface area contributed by atoms with Gasteiger partial charge >= 0.3 is 12.3 Å². The van der Waals surface area contributed by atoms with E-state index >= 15 is 0 Å². The van der Waals surface area contributed by atoms with Gasteiger partial charge in [-0.15, -0.1) is 0 Å². The third-order valence-electron chi connectivity index (χ3n) is 6.39. The zero-order valence-corrected chi connectivity index (χ0v) is 17.3. The molecule has 168 valence electrons. The molecule has 0 aliphatic carbocycles. The van der Waals surface area contributed by atoms with E-state index in [1.54, 1.807) is 11.0 Å². The number of fused-ring (bicyclic) bond motifs is 2. The molecule has 2 fully saturated rings. The van der Waals surface area contributed by atoms with Crippen molar-refractivity contribution in [3.8, 4) is 6.07 Å². The van der Waals surface area contributed by atoms with Crippen LogP contribution < -0.4 is 0 Å². The van der Waals surface area contributed by atoms with Gasteiger partial charge in [0.25, 0.3) is 0 Å². The lowest BCUT2D eigenvalue weighted by Gasteiger charge is -2.51. The number of nitrogens with zero attached hydrogens (tertiary/aromatic N) is 2. The monoisotopic (exact) mass is 444 g/mol. The molecule has 1 N–H and O–H groups in total. The van der Waals surface area contributed by atoms with E-state index in [0.29, 0.717) is 12.8 Å². The third-order valence-corrected chi connectivity index (χ3v) is 6.39. The molecule has 2 saturated heterocycles. The molecule has 0 aromatic heterocycles. The predicted octanol–water partition coefficient (Wildman–Crippen LogP) is 5.12. The number of alkyl halides is 3. The quantitative estimate of drug-likeness (QED) is 0.713. The van der Waals surface area contributed by atoms with Crippen molar-refractivity contribution in [2.45, 2.75) is 62.6 Å². The summed E-state index contributed by atoms with van der Waals surface area (Å²) < 4.78 is 44.7. The van der Waals surface area contributed by atoms with Gasteiger partial charge in [-0.25, -0.2) is 4.79 Å². The maximum atomic E-state index is 13.1. The number of amides is 1. The SMILES string of the molecule is N#Cc1cc(C(F)(F)F)ccc1C1(O)CC2CCCC(C1)N2C(=O)OCc1ccccc1. The number of carbonyl (C=O) groups is 1. The Labute approximate surface area is 184 Å². The Morgan fingerprint density at radius 3 is 2.41 bits per heavy atom. The van der Waals surface area contributed by atoms with Crippen LogP contribution in [0.2, 0.25) is 0 Å². The third kappa shape index (κ3) is 4.30. The highest BCUT2D eigenvalue weighted by Crippen LogP contribution is 2.46. The van der Waals surface area contributed by atoms with Gasteiger partial charge in [-0.1, -0.05) is 36.4 Å². The molecule has 2 unspecified atom stereocenters. The first-order chi connectivity index (χ1) is 15.2. The van der Waals surface area contributed by atoms with Gasteiger partial charge in [0.1, 0.15) is 6.61 Å². The first kappa shape index (κ1) is 22.2. The van der Waals surface area contributed by atoms with Crippen LogP contribution in [0, 0.1) is 11.3 Å². The van der Waals surface area contributed by atoms with Gasteiger partial charge in [-0.2, -0.15) is 18.4 Å². The Morgan fingerprint density at radius 2 is 1.81 bits per heavy atom. The summed E-state index contributed by atoms with van der Waals surface area (Å²) in [7, 11) is 0. The Kier molecular flexibility index (Phi) is 5.87. The number of hydrogen-bond acceptors (Lipinski definition) is 4. The maximum absolute atomic E-state index is 13.1. The molecule has 1 amide bonds. The molecular formula is C24H23F3N2O3. The molecule has 2 heterocycles. The number of hydrogen-bond donors (Lipinski definition) is 1. The van der Waals surface area contributed by atoms with Crippen molar-refractivity contribution in [2.24, 2.45) is 0 Å². The number of nitriles is 1. The van der Waals surface area contributed by atoms with E-state index in [1.807, 2.05) is 30.3 Å². The highest BCUT2D eigenvalue weighted by atomic mass is 19.4. The standard InChI is InChI=1S/C24H23F3N2O3/c25-24(26,27)18-9-10-21(17(11-18)14-28)23(31)12-19-7-4-8-20(13-23)29(19)22(30)32-15-16-5-2-1-3-6-16/h1-3,5-6,9-11,19-20,31H,4,7-8,12-13,15H2. The van der Waals surface area contributed by atoms with Crippen LogP contribution in [0.1, 0.15) is 54.4 Å². The summed E-state index contributed by atoms with van der Waals surface area (Å²) in [4.78, 5) is 14.5. The fraction of sp³-hybridized carbons (Fsp3) is 0.417. The number of halogens is 3. The average Bonchev–Trinajstić information content (AvgIpc) is 2.76. The van der Waals surface area contributed by atoms with Crippen LogP contribution in [-0.2, 0) is 23.1 Å². The lowest BCUT2D eigenvalue weighted by molar-refractivity contribution is -0.137. The summed E-state index contributed by atoms with van der Waals surface area (Å²) in [5, 5.41) is 20.9. The molecule has 2 aromatic rings. The summed E-state index contributed by atoms with van der Waals surface area (Å²) in [5.41, 5.74) is -1.56. The van der Waals surface area contributed by atoms with E-state index in [2.05, 4.69) is 0 Å². The molecule has 2 aromatic carbocycles. The van der Waals surface area contributed by atoms with E-state index in [9.17, 15) is 28.3 Å². The molecule has 32 heavy (non-hydrogen) atoms. The largest absolute Gasteiger partial charge is 0.445 e. The van der Waals surface area contributed by atoms with Crippen LogP contribution in [-0.4, -0.2) is 28.2 Å². The van der Waals surface area contributed by atoms with Crippen molar-refractivity contribution >= 4 is 6.09 Å². The Balaban J connectivity index is 1.55. The number of piperidine rings is 2. The van der Waals surface area contributed by atoms with Crippen LogP contribution in [0.4, 0.5) is 18.0 Å². The molecular weight excluding hydrogens is 421 g/mol. The molecule has 2 atom stereocenters. The van der Waals surface area contributed by atoms with Gasteiger partial charge in [0.05, 0.1) is 22.8 Å². The predicted molar refractivity (Wildman–Crippen MR) is 109 cm³/mol. The van der Waals surface area contributed by atoms with Gasteiger partial charge in [0.2, 0.25) is 0 Å². The van der Waals surface area contributed by atoms with E-state index in [-0.39, 0.29) is 42.7 Å². The smallest absolute Gasteiger partial charge is 0.416 e. The van der Waals surface area contributed by atoms with Gasteiger partial charge in [0.15, 0.2) is 0 Å². The molecule has 2 aliphatic rings. The Hall–Kier alpha value is -3.05. The first-order valence-corrected chi connectivity index (χ1v) is 10.5. The molecule has 8 heteroatoms. The number of carbonyl (C=O) groups excluding carboxylic acids is 1. The van der Waals surface area contributed by atoms with E-state index in [1.165, 1.54) is 6.07 Å². The van der Waals surface area contributed by atoms with Gasteiger partial charge < -0.3 is 14.7 Å². The van der Waals surface area contributed by atoms with E-state index in [0.717, 1.165) is 24.1 Å². The van der Waals surface area contributed by atoms with Crippen molar-refractivity contribution in [1.29, 1.82) is 5.26 Å². The molecule has 5 nitrogen and oxygen atoms in total. The van der Waals surface area contributed by atoms with Crippen LogP contribution in [0.25, 0.3) is 0 Å². The highest BCUT2D eigenvalue weighted by Gasteiger charge is 2.49. The van der Waals surface area contributed by atoms with E-state index in [4.69, 9.17) is 4.74 Å². The zero-order valence-electron chi connectivity index (χ0n) is 17.3. The average molecular weight is 444 g/mol. The minimum atomic E-state index is -4.57. The zero-order chi connectivity index (χ0) is 22.9. The number of benzene rings is 2. The minimum Gasteiger partial charge on any atom is -0.445 e. The summed E-state index contributed by atoms with van der Waals surface area (Å²) in [5.74, 6) is 0. The minimum absolute atomic E-state index is 0.136. The molecule has 4 rings (SSSR count). The van der Waals surface area contributed by atoms with Gasteiger partial charge in [-0.05, 0) is 37.0 Å². The van der Waals surface area contributed by atoms with Crippen molar-refractivity contribution < 1.29 is 27.8 Å². The molecule has 0 radical (unpaired) electrons. The van der Waals surface area contributed by atoms with Crippen LogP contribution in [0.5, 0.6) is 0 Å². The van der Waals surface area contributed by atoms with E-state index < -0.39 is 23.4 Å². The molecule has 2 aliphatic heterocycles. The van der Waals surface area contributed by atoms with Crippen molar-refractivity contribution in [3.63, 3.8) is 0 Å². The molecule has 2 bridgehead atoms. The second-order valence-electron chi connectivity index (χ2n) is 8.50. The Morgan fingerprint density at radius 1 is 1.16 bits per heavy atom. The molecule has 0 saturated carbocycles. The Bertz CT molecular complexity index is 1020. The van der Waals surface area contributed by atoms with Gasteiger partial charge in [-0.3, -0.25) is 0 Å². The number of rotatable bonds is 3. The van der Waals surface area contributed by atoms with Crippen LogP contribution in [0.15, 0.2) is 48.5 Å². The normalized spacial score (nSPS) is 25.2. The molecule has 0 spiro atoms. The van der Waals surface area contributed by atoms with Crippen molar-refractivity contribution in [1.82, 2.24) is 4.90 Å². The lowest BCUT2D eigenvalue weighted by atomic mass is 9.71. The summed E-state index contributed by atoms with van der Waals surface area (Å²) in [6.07, 6.45) is -2.56.